The maximum atomic E-state index is 11.9. The SMILES string of the molecule is CC(C)(C)C(=O)NCCc1csc2nc(-c3ccc(Cl)cc3)nn12. The molecular formula is C17H19ClN4OS. The summed E-state index contributed by atoms with van der Waals surface area (Å²) in [5.41, 5.74) is 1.60. The van der Waals surface area contributed by atoms with Crippen molar-refractivity contribution in [2.24, 2.45) is 5.41 Å². The van der Waals surface area contributed by atoms with Gasteiger partial charge in [0, 0.05) is 34.3 Å². The predicted octanol–water partition coefficient (Wildman–Crippen LogP) is 3.82. The molecule has 126 valence electrons. The number of hydrogen-bond donors (Lipinski definition) is 1. The van der Waals surface area contributed by atoms with E-state index in [9.17, 15) is 4.79 Å². The molecule has 2 heterocycles. The Hall–Kier alpha value is -1.92. The van der Waals surface area contributed by atoms with E-state index in [0.717, 1.165) is 16.2 Å². The number of hydrogen-bond acceptors (Lipinski definition) is 4. The van der Waals surface area contributed by atoms with E-state index in [1.165, 1.54) is 0 Å². The average Bonchev–Trinajstić information content (AvgIpc) is 3.08. The molecule has 0 spiro atoms. The molecule has 3 rings (SSSR count). The molecule has 0 fully saturated rings. The van der Waals surface area contributed by atoms with Gasteiger partial charge in [0.1, 0.15) is 0 Å². The second kappa shape index (κ2) is 6.53. The molecule has 3 aromatic rings. The van der Waals surface area contributed by atoms with Gasteiger partial charge in [0.25, 0.3) is 0 Å². The van der Waals surface area contributed by atoms with Gasteiger partial charge in [-0.15, -0.1) is 16.4 Å². The summed E-state index contributed by atoms with van der Waals surface area (Å²) < 4.78 is 1.85. The van der Waals surface area contributed by atoms with Crippen LogP contribution in [0.1, 0.15) is 26.5 Å². The third-order valence-corrected chi connectivity index (χ3v) is 4.72. The highest BCUT2D eigenvalue weighted by atomic mass is 35.5. The Balaban J connectivity index is 1.73. The first-order valence-electron chi connectivity index (χ1n) is 7.72. The van der Waals surface area contributed by atoms with Crippen molar-refractivity contribution >= 4 is 33.8 Å². The van der Waals surface area contributed by atoms with Gasteiger partial charge < -0.3 is 5.32 Å². The molecule has 5 nitrogen and oxygen atoms in total. The first-order valence-corrected chi connectivity index (χ1v) is 8.98. The summed E-state index contributed by atoms with van der Waals surface area (Å²) in [5.74, 6) is 0.730. The van der Waals surface area contributed by atoms with Gasteiger partial charge in [0.15, 0.2) is 5.82 Å². The zero-order valence-corrected chi connectivity index (χ0v) is 15.4. The van der Waals surface area contributed by atoms with E-state index in [-0.39, 0.29) is 11.3 Å². The van der Waals surface area contributed by atoms with Crippen molar-refractivity contribution in [1.82, 2.24) is 19.9 Å². The molecule has 0 saturated heterocycles. The summed E-state index contributed by atoms with van der Waals surface area (Å²) in [6.45, 7) is 6.29. The Morgan fingerprint density at radius 2 is 2.00 bits per heavy atom. The molecule has 0 bridgehead atoms. The molecule has 0 unspecified atom stereocenters. The third kappa shape index (κ3) is 3.60. The van der Waals surface area contributed by atoms with Crippen molar-refractivity contribution < 1.29 is 4.79 Å². The molecule has 7 heteroatoms. The number of rotatable bonds is 4. The Kier molecular flexibility index (Phi) is 4.60. The number of nitrogens with zero attached hydrogens (tertiary/aromatic N) is 3. The first-order chi connectivity index (χ1) is 11.3. The molecule has 1 N–H and O–H groups in total. The minimum atomic E-state index is -0.376. The van der Waals surface area contributed by atoms with Crippen LogP contribution in [-0.2, 0) is 11.2 Å². The fourth-order valence-electron chi connectivity index (χ4n) is 2.19. The van der Waals surface area contributed by atoms with Crippen molar-refractivity contribution in [3.8, 4) is 11.4 Å². The van der Waals surface area contributed by atoms with Crippen LogP contribution in [0.2, 0.25) is 5.02 Å². The quantitative estimate of drug-likeness (QED) is 0.767. The Morgan fingerprint density at radius 3 is 2.67 bits per heavy atom. The Labute approximate surface area is 149 Å². The van der Waals surface area contributed by atoms with Gasteiger partial charge >= 0.3 is 0 Å². The maximum Gasteiger partial charge on any atom is 0.225 e. The maximum absolute atomic E-state index is 11.9. The topological polar surface area (TPSA) is 59.3 Å². The molecule has 0 aliphatic rings. The highest BCUT2D eigenvalue weighted by Gasteiger charge is 2.20. The monoisotopic (exact) mass is 362 g/mol. The van der Waals surface area contributed by atoms with Crippen LogP contribution in [0.25, 0.3) is 16.3 Å². The third-order valence-electron chi connectivity index (χ3n) is 3.60. The van der Waals surface area contributed by atoms with Gasteiger partial charge in [0.2, 0.25) is 10.9 Å². The number of thiazole rings is 1. The first kappa shape index (κ1) is 16.9. The van der Waals surface area contributed by atoms with Crippen molar-refractivity contribution in [2.45, 2.75) is 27.2 Å². The zero-order valence-electron chi connectivity index (χ0n) is 13.8. The molecule has 24 heavy (non-hydrogen) atoms. The molecule has 0 atom stereocenters. The fraction of sp³-hybridized carbons (Fsp3) is 0.353. The smallest absolute Gasteiger partial charge is 0.225 e. The highest BCUT2D eigenvalue weighted by molar-refractivity contribution is 7.15. The summed E-state index contributed by atoms with van der Waals surface area (Å²) in [5, 5.41) is 10.3. The standard InChI is InChI=1S/C17H19ClN4OS/c1-17(2,3)15(23)19-9-8-13-10-24-16-20-14(21-22(13)16)11-4-6-12(18)7-5-11/h4-7,10H,8-9H2,1-3H3,(H,19,23). The summed E-state index contributed by atoms with van der Waals surface area (Å²) in [6, 6.07) is 7.47. The normalized spacial score (nSPS) is 11.8. The second-order valence-corrected chi connectivity index (χ2v) is 7.89. The Bertz CT molecular complexity index is 861. The second-order valence-electron chi connectivity index (χ2n) is 6.62. The molecule has 0 radical (unpaired) electrons. The van der Waals surface area contributed by atoms with E-state index in [4.69, 9.17) is 11.6 Å². The average molecular weight is 363 g/mol. The fourth-order valence-corrected chi connectivity index (χ4v) is 3.17. The molecule has 1 aromatic carbocycles. The van der Waals surface area contributed by atoms with E-state index in [1.807, 2.05) is 54.9 Å². The molecule has 1 amide bonds. The Morgan fingerprint density at radius 1 is 1.29 bits per heavy atom. The van der Waals surface area contributed by atoms with E-state index >= 15 is 0 Å². The lowest BCUT2D eigenvalue weighted by atomic mass is 9.96. The van der Waals surface area contributed by atoms with Gasteiger partial charge in [0.05, 0.1) is 5.69 Å². The van der Waals surface area contributed by atoms with E-state index in [0.29, 0.717) is 23.8 Å². The van der Waals surface area contributed by atoms with Crippen LogP contribution < -0.4 is 5.32 Å². The molecule has 0 aliphatic heterocycles. The lowest BCUT2D eigenvalue weighted by molar-refractivity contribution is -0.128. The van der Waals surface area contributed by atoms with E-state index in [1.54, 1.807) is 11.3 Å². The van der Waals surface area contributed by atoms with Crippen LogP contribution in [-0.4, -0.2) is 27.0 Å². The number of nitrogens with one attached hydrogen (secondary N) is 1. The van der Waals surface area contributed by atoms with Crippen molar-refractivity contribution in [3.05, 3.63) is 40.4 Å². The van der Waals surface area contributed by atoms with Crippen molar-refractivity contribution in [3.63, 3.8) is 0 Å². The number of benzene rings is 1. The summed E-state index contributed by atoms with van der Waals surface area (Å²) in [4.78, 5) is 17.3. The lowest BCUT2D eigenvalue weighted by Gasteiger charge is -2.17. The molecular weight excluding hydrogens is 344 g/mol. The van der Waals surface area contributed by atoms with Gasteiger partial charge in [-0.25, -0.2) is 4.52 Å². The summed E-state index contributed by atoms with van der Waals surface area (Å²) >= 11 is 7.47. The van der Waals surface area contributed by atoms with E-state index in [2.05, 4.69) is 15.4 Å². The largest absolute Gasteiger partial charge is 0.355 e. The van der Waals surface area contributed by atoms with Crippen LogP contribution in [0, 0.1) is 5.41 Å². The lowest BCUT2D eigenvalue weighted by Crippen LogP contribution is -2.36. The van der Waals surface area contributed by atoms with Crippen LogP contribution >= 0.6 is 22.9 Å². The number of fused-ring (bicyclic) bond motifs is 1. The highest BCUT2D eigenvalue weighted by Crippen LogP contribution is 2.22. The van der Waals surface area contributed by atoms with Crippen molar-refractivity contribution in [1.29, 1.82) is 0 Å². The number of carbonyl (C=O) groups excluding carboxylic acids is 1. The predicted molar refractivity (Wildman–Crippen MR) is 97.5 cm³/mol. The summed E-state index contributed by atoms with van der Waals surface area (Å²) in [7, 11) is 0. The van der Waals surface area contributed by atoms with Gasteiger partial charge in [-0.1, -0.05) is 32.4 Å². The molecule has 0 aliphatic carbocycles. The minimum absolute atomic E-state index is 0.0504. The minimum Gasteiger partial charge on any atom is -0.355 e. The molecule has 2 aromatic heterocycles. The number of amides is 1. The molecule has 0 saturated carbocycles. The van der Waals surface area contributed by atoms with Crippen LogP contribution in [0.5, 0.6) is 0 Å². The summed E-state index contributed by atoms with van der Waals surface area (Å²) in [6.07, 6.45) is 0.714. The number of halogens is 1. The van der Waals surface area contributed by atoms with Crippen LogP contribution in [0.15, 0.2) is 29.6 Å². The van der Waals surface area contributed by atoms with Gasteiger partial charge in [-0.05, 0) is 24.3 Å². The van der Waals surface area contributed by atoms with Crippen molar-refractivity contribution in [2.75, 3.05) is 6.54 Å². The van der Waals surface area contributed by atoms with E-state index < -0.39 is 0 Å². The van der Waals surface area contributed by atoms with Crippen LogP contribution in [0.4, 0.5) is 0 Å². The number of carbonyl (C=O) groups is 1. The van der Waals surface area contributed by atoms with Crippen LogP contribution in [0.3, 0.4) is 0 Å². The zero-order chi connectivity index (χ0) is 17.3. The van der Waals surface area contributed by atoms with Gasteiger partial charge in [-0.3, -0.25) is 4.79 Å². The van der Waals surface area contributed by atoms with Gasteiger partial charge in [-0.2, -0.15) is 4.98 Å². The number of aromatic nitrogens is 3.